The second-order valence-electron chi connectivity index (χ2n) is 5.49. The summed E-state index contributed by atoms with van der Waals surface area (Å²) in [6, 6.07) is 15.2. The zero-order valence-electron chi connectivity index (χ0n) is 14.6. The van der Waals surface area contributed by atoms with E-state index >= 15 is 0 Å². The molecule has 0 atom stereocenters. The van der Waals surface area contributed by atoms with Gasteiger partial charge < -0.3 is 14.5 Å². The highest BCUT2D eigenvalue weighted by Crippen LogP contribution is 2.25. The van der Waals surface area contributed by atoms with Crippen molar-refractivity contribution in [3.63, 3.8) is 0 Å². The van der Waals surface area contributed by atoms with Crippen LogP contribution in [-0.2, 0) is 11.2 Å². The molecule has 26 heavy (non-hydrogen) atoms. The Kier molecular flexibility index (Phi) is 5.91. The zero-order valence-corrected chi connectivity index (χ0v) is 15.4. The number of aromatic nitrogens is 2. The van der Waals surface area contributed by atoms with Gasteiger partial charge in [-0.2, -0.15) is 0 Å². The van der Waals surface area contributed by atoms with Gasteiger partial charge in [-0.1, -0.05) is 36.9 Å². The summed E-state index contributed by atoms with van der Waals surface area (Å²) in [5, 5.41) is 11.2. The van der Waals surface area contributed by atoms with E-state index in [0.29, 0.717) is 16.9 Å². The Labute approximate surface area is 156 Å². The van der Waals surface area contributed by atoms with Crippen molar-refractivity contribution in [2.45, 2.75) is 18.6 Å². The lowest BCUT2D eigenvalue weighted by Crippen LogP contribution is -2.13. The van der Waals surface area contributed by atoms with Crippen LogP contribution in [0.3, 0.4) is 0 Å². The summed E-state index contributed by atoms with van der Waals surface area (Å²) < 4.78 is 10.8. The number of amides is 1. The largest absolute Gasteiger partial charge is 0.497 e. The molecule has 0 aliphatic rings. The molecule has 0 saturated carbocycles. The van der Waals surface area contributed by atoms with Crippen molar-refractivity contribution in [3.05, 3.63) is 54.1 Å². The van der Waals surface area contributed by atoms with Crippen molar-refractivity contribution in [1.82, 2.24) is 10.2 Å². The molecule has 1 heterocycles. The van der Waals surface area contributed by atoms with Crippen LogP contribution in [0.4, 0.5) is 5.69 Å². The Balaban J connectivity index is 1.56. The number of carbonyl (C=O) groups is 1. The van der Waals surface area contributed by atoms with E-state index in [9.17, 15) is 4.79 Å². The van der Waals surface area contributed by atoms with Gasteiger partial charge in [0.2, 0.25) is 11.8 Å². The summed E-state index contributed by atoms with van der Waals surface area (Å²) in [6.45, 7) is 2.09. The molecule has 0 bridgehead atoms. The van der Waals surface area contributed by atoms with E-state index in [4.69, 9.17) is 9.15 Å². The molecule has 0 fully saturated rings. The number of rotatable bonds is 7. The van der Waals surface area contributed by atoms with Gasteiger partial charge >= 0.3 is 0 Å². The topological polar surface area (TPSA) is 77.2 Å². The number of hydrogen-bond acceptors (Lipinski definition) is 6. The van der Waals surface area contributed by atoms with Gasteiger partial charge in [-0.25, -0.2) is 0 Å². The lowest BCUT2D eigenvalue weighted by Gasteiger charge is -2.04. The Bertz CT molecular complexity index is 878. The fourth-order valence-corrected chi connectivity index (χ4v) is 2.85. The van der Waals surface area contributed by atoms with Crippen molar-refractivity contribution in [2.75, 3.05) is 18.2 Å². The fraction of sp³-hybridized carbons (Fsp3) is 0.211. The Morgan fingerprint density at radius 3 is 2.73 bits per heavy atom. The lowest BCUT2D eigenvalue weighted by molar-refractivity contribution is -0.113. The number of nitrogens with zero attached hydrogens (tertiary/aromatic N) is 2. The van der Waals surface area contributed by atoms with Crippen LogP contribution in [0.25, 0.3) is 11.5 Å². The van der Waals surface area contributed by atoms with Crippen molar-refractivity contribution < 1.29 is 13.9 Å². The SMILES string of the molecule is CCc1ccc(NC(=O)CSc2nnc(-c3cccc(OC)c3)o2)cc1. The van der Waals surface area contributed by atoms with E-state index in [-0.39, 0.29) is 11.7 Å². The maximum absolute atomic E-state index is 12.1. The summed E-state index contributed by atoms with van der Waals surface area (Å²) in [5.41, 5.74) is 2.77. The van der Waals surface area contributed by atoms with E-state index in [1.54, 1.807) is 7.11 Å². The van der Waals surface area contributed by atoms with Crippen LogP contribution in [0.1, 0.15) is 12.5 Å². The van der Waals surface area contributed by atoms with Crippen molar-refractivity contribution in [2.24, 2.45) is 0 Å². The summed E-state index contributed by atoms with van der Waals surface area (Å²) in [6.07, 6.45) is 0.969. The van der Waals surface area contributed by atoms with Gasteiger partial charge in [-0.15, -0.1) is 10.2 Å². The van der Waals surface area contributed by atoms with Crippen molar-refractivity contribution >= 4 is 23.4 Å². The van der Waals surface area contributed by atoms with E-state index in [0.717, 1.165) is 17.7 Å². The van der Waals surface area contributed by atoms with Gasteiger partial charge in [0.15, 0.2) is 0 Å². The molecule has 0 spiro atoms. The standard InChI is InChI=1S/C19H19N3O3S/c1-3-13-7-9-15(10-8-13)20-17(23)12-26-19-22-21-18(25-19)14-5-4-6-16(11-14)24-2/h4-11H,3,12H2,1-2H3,(H,20,23). The average Bonchev–Trinajstić information content (AvgIpc) is 3.16. The fourth-order valence-electron chi connectivity index (χ4n) is 2.29. The van der Waals surface area contributed by atoms with Crippen LogP contribution in [-0.4, -0.2) is 29.0 Å². The van der Waals surface area contributed by atoms with Crippen LogP contribution in [0, 0.1) is 0 Å². The third kappa shape index (κ3) is 4.64. The average molecular weight is 369 g/mol. The first-order valence-corrected chi connectivity index (χ1v) is 9.16. The summed E-state index contributed by atoms with van der Waals surface area (Å²) in [5.74, 6) is 1.17. The molecule has 3 rings (SSSR count). The first-order valence-electron chi connectivity index (χ1n) is 8.17. The minimum absolute atomic E-state index is 0.125. The number of carbonyl (C=O) groups excluding carboxylic acids is 1. The summed E-state index contributed by atoms with van der Waals surface area (Å²) >= 11 is 1.20. The first-order chi connectivity index (χ1) is 12.7. The minimum Gasteiger partial charge on any atom is -0.497 e. The predicted octanol–water partition coefficient (Wildman–Crippen LogP) is 4.04. The Morgan fingerprint density at radius 1 is 1.19 bits per heavy atom. The van der Waals surface area contributed by atoms with Gasteiger partial charge in [-0.05, 0) is 42.3 Å². The van der Waals surface area contributed by atoms with Crippen LogP contribution in [0.15, 0.2) is 58.2 Å². The number of aryl methyl sites for hydroxylation is 1. The summed E-state index contributed by atoms with van der Waals surface area (Å²) in [7, 11) is 1.60. The van der Waals surface area contributed by atoms with Crippen molar-refractivity contribution in [1.29, 1.82) is 0 Å². The molecule has 1 amide bonds. The van der Waals surface area contributed by atoms with E-state index in [2.05, 4.69) is 22.4 Å². The van der Waals surface area contributed by atoms with Crippen LogP contribution < -0.4 is 10.1 Å². The molecule has 0 saturated heterocycles. The second-order valence-corrected chi connectivity index (χ2v) is 6.42. The van der Waals surface area contributed by atoms with E-state index < -0.39 is 0 Å². The van der Waals surface area contributed by atoms with Gasteiger partial charge in [0.1, 0.15) is 5.75 Å². The molecular formula is C19H19N3O3S. The Hall–Kier alpha value is -2.80. The molecule has 6 nitrogen and oxygen atoms in total. The molecular weight excluding hydrogens is 350 g/mol. The monoisotopic (exact) mass is 369 g/mol. The van der Waals surface area contributed by atoms with Crippen molar-refractivity contribution in [3.8, 4) is 17.2 Å². The zero-order chi connectivity index (χ0) is 18.4. The van der Waals surface area contributed by atoms with E-state index in [1.807, 2.05) is 48.5 Å². The molecule has 3 aromatic rings. The van der Waals surface area contributed by atoms with Gasteiger partial charge in [0.25, 0.3) is 5.22 Å². The molecule has 2 aromatic carbocycles. The van der Waals surface area contributed by atoms with Gasteiger partial charge in [0.05, 0.1) is 12.9 Å². The third-order valence-electron chi connectivity index (χ3n) is 3.70. The molecule has 0 radical (unpaired) electrons. The molecule has 1 N–H and O–H groups in total. The maximum atomic E-state index is 12.1. The number of anilines is 1. The van der Waals surface area contributed by atoms with Crippen LogP contribution in [0.2, 0.25) is 0 Å². The number of ether oxygens (including phenoxy) is 1. The van der Waals surface area contributed by atoms with E-state index in [1.165, 1.54) is 17.3 Å². The minimum atomic E-state index is -0.125. The smallest absolute Gasteiger partial charge is 0.277 e. The number of benzene rings is 2. The molecule has 7 heteroatoms. The number of methoxy groups -OCH3 is 1. The molecule has 134 valence electrons. The molecule has 1 aromatic heterocycles. The highest BCUT2D eigenvalue weighted by atomic mass is 32.2. The summed E-state index contributed by atoms with van der Waals surface area (Å²) in [4.78, 5) is 12.1. The Morgan fingerprint density at radius 2 is 2.00 bits per heavy atom. The van der Waals surface area contributed by atoms with Crippen LogP contribution >= 0.6 is 11.8 Å². The highest BCUT2D eigenvalue weighted by molar-refractivity contribution is 7.99. The van der Waals surface area contributed by atoms with Gasteiger partial charge in [0, 0.05) is 11.3 Å². The number of thioether (sulfide) groups is 1. The number of nitrogens with one attached hydrogen (secondary N) is 1. The normalized spacial score (nSPS) is 10.5. The molecule has 0 aliphatic carbocycles. The van der Waals surface area contributed by atoms with Crippen LogP contribution in [0.5, 0.6) is 5.75 Å². The highest BCUT2D eigenvalue weighted by Gasteiger charge is 2.12. The predicted molar refractivity (Wildman–Crippen MR) is 101 cm³/mol. The molecule has 0 aliphatic heterocycles. The third-order valence-corrected chi connectivity index (χ3v) is 4.51. The lowest BCUT2D eigenvalue weighted by atomic mass is 10.1. The quantitative estimate of drug-likeness (QED) is 0.634. The van der Waals surface area contributed by atoms with Gasteiger partial charge in [-0.3, -0.25) is 4.79 Å². The molecule has 0 unspecified atom stereocenters. The number of hydrogen-bond donors (Lipinski definition) is 1. The second kappa shape index (κ2) is 8.53. The maximum Gasteiger partial charge on any atom is 0.277 e. The first kappa shape index (κ1) is 18.0.